The summed E-state index contributed by atoms with van der Waals surface area (Å²) in [6.07, 6.45) is 4.36. The van der Waals surface area contributed by atoms with E-state index in [0.717, 1.165) is 18.9 Å². The minimum Gasteiger partial charge on any atom is -0.353 e. The maximum Gasteiger partial charge on any atom is 0.132 e. The second-order valence-corrected chi connectivity index (χ2v) is 7.30. The van der Waals surface area contributed by atoms with Crippen LogP contribution in [0.25, 0.3) is 0 Å². The lowest BCUT2D eigenvalue weighted by molar-refractivity contribution is 0.0676. The van der Waals surface area contributed by atoms with E-state index in [-0.39, 0.29) is 0 Å². The second-order valence-electron chi connectivity index (χ2n) is 7.30. The number of hydrogen-bond donors (Lipinski definition) is 0. The van der Waals surface area contributed by atoms with Crippen molar-refractivity contribution in [3.05, 3.63) is 18.1 Å². The Morgan fingerprint density at radius 2 is 1.77 bits per heavy atom. The number of hydrogen-bond acceptors (Lipinski definition) is 5. The van der Waals surface area contributed by atoms with Gasteiger partial charge in [-0.2, -0.15) is 0 Å². The molecule has 1 aromatic heterocycles. The lowest BCUT2D eigenvalue weighted by atomic mass is 10.1. The number of piperazine rings is 1. The fraction of sp³-hybridized carbons (Fsp3) is 0.765. The van der Waals surface area contributed by atoms with Crippen LogP contribution >= 0.6 is 0 Å². The Hall–Kier alpha value is -1.20. The van der Waals surface area contributed by atoms with Crippen LogP contribution in [0.2, 0.25) is 0 Å². The van der Waals surface area contributed by atoms with Gasteiger partial charge in [0.05, 0.1) is 0 Å². The fourth-order valence-corrected chi connectivity index (χ4v) is 3.63. The van der Waals surface area contributed by atoms with Crippen LogP contribution in [0.15, 0.2) is 12.4 Å². The van der Waals surface area contributed by atoms with E-state index in [1.807, 2.05) is 0 Å². The molecule has 0 unspecified atom stereocenters. The summed E-state index contributed by atoms with van der Waals surface area (Å²) < 4.78 is 0. The Labute approximate surface area is 133 Å². The summed E-state index contributed by atoms with van der Waals surface area (Å²) in [6, 6.07) is 3.61. The standard InChI is InChI=1S/C17H27N5/c1-13(2)20-5-7-21(8-6-20)15-10-22(11-15)17-9-16(14-3-4-14)18-12-19-17/h9,12-15H,3-8,10-11H2,1-2H3. The molecule has 1 aliphatic carbocycles. The third-order valence-electron chi connectivity index (χ3n) is 5.45. The summed E-state index contributed by atoms with van der Waals surface area (Å²) in [7, 11) is 0. The Morgan fingerprint density at radius 1 is 1.05 bits per heavy atom. The van der Waals surface area contributed by atoms with E-state index in [4.69, 9.17) is 0 Å². The molecule has 0 aromatic carbocycles. The van der Waals surface area contributed by atoms with Gasteiger partial charge in [-0.05, 0) is 26.7 Å². The molecule has 0 N–H and O–H groups in total. The summed E-state index contributed by atoms with van der Waals surface area (Å²) in [5, 5.41) is 0. The highest BCUT2D eigenvalue weighted by Crippen LogP contribution is 2.39. The number of anilines is 1. The Kier molecular flexibility index (Phi) is 3.78. The molecule has 22 heavy (non-hydrogen) atoms. The van der Waals surface area contributed by atoms with Gasteiger partial charge >= 0.3 is 0 Å². The molecule has 3 fully saturated rings. The van der Waals surface area contributed by atoms with E-state index in [9.17, 15) is 0 Å². The van der Waals surface area contributed by atoms with Crippen LogP contribution in [0.5, 0.6) is 0 Å². The average molecular weight is 301 g/mol. The first-order valence-corrected chi connectivity index (χ1v) is 8.75. The largest absolute Gasteiger partial charge is 0.353 e. The van der Waals surface area contributed by atoms with E-state index in [1.165, 1.54) is 44.7 Å². The first-order valence-electron chi connectivity index (χ1n) is 8.75. The smallest absolute Gasteiger partial charge is 0.132 e. The molecule has 1 aromatic rings. The van der Waals surface area contributed by atoms with Gasteiger partial charge in [0.1, 0.15) is 12.1 Å². The maximum atomic E-state index is 4.47. The van der Waals surface area contributed by atoms with Crippen LogP contribution in [0.1, 0.15) is 38.3 Å². The highest BCUT2D eigenvalue weighted by Gasteiger charge is 2.35. The van der Waals surface area contributed by atoms with Gasteiger partial charge in [-0.1, -0.05) is 0 Å². The molecular formula is C17H27N5. The van der Waals surface area contributed by atoms with E-state index < -0.39 is 0 Å². The van der Waals surface area contributed by atoms with Crippen LogP contribution < -0.4 is 4.90 Å². The van der Waals surface area contributed by atoms with Gasteiger partial charge in [0, 0.05) is 69.0 Å². The lowest BCUT2D eigenvalue weighted by Crippen LogP contribution is -2.63. The molecule has 120 valence electrons. The van der Waals surface area contributed by atoms with Crippen molar-refractivity contribution in [3.63, 3.8) is 0 Å². The van der Waals surface area contributed by atoms with Gasteiger partial charge in [-0.3, -0.25) is 9.80 Å². The van der Waals surface area contributed by atoms with Crippen LogP contribution in [0, 0.1) is 0 Å². The minimum atomic E-state index is 0.682. The second kappa shape index (κ2) is 5.78. The maximum absolute atomic E-state index is 4.47. The van der Waals surface area contributed by atoms with Crippen molar-refractivity contribution in [2.45, 2.75) is 44.7 Å². The van der Waals surface area contributed by atoms with E-state index in [1.54, 1.807) is 6.33 Å². The number of rotatable bonds is 4. The predicted octanol–water partition coefficient (Wildman–Crippen LogP) is 1.57. The minimum absolute atomic E-state index is 0.682. The van der Waals surface area contributed by atoms with Crippen LogP contribution in [-0.2, 0) is 0 Å². The molecule has 0 radical (unpaired) electrons. The van der Waals surface area contributed by atoms with E-state index in [2.05, 4.69) is 44.6 Å². The third kappa shape index (κ3) is 2.84. The van der Waals surface area contributed by atoms with Crippen LogP contribution in [0.4, 0.5) is 5.82 Å². The average Bonchev–Trinajstić information content (AvgIpc) is 3.31. The third-order valence-corrected chi connectivity index (χ3v) is 5.45. The molecular weight excluding hydrogens is 274 g/mol. The van der Waals surface area contributed by atoms with Crippen molar-refractivity contribution in [1.82, 2.24) is 19.8 Å². The van der Waals surface area contributed by atoms with E-state index in [0.29, 0.717) is 18.0 Å². The Bertz CT molecular complexity index is 514. The number of nitrogens with zero attached hydrogens (tertiary/aromatic N) is 5. The quantitative estimate of drug-likeness (QED) is 0.843. The molecule has 0 bridgehead atoms. The summed E-state index contributed by atoms with van der Waals surface area (Å²) in [4.78, 5) is 16.6. The van der Waals surface area contributed by atoms with Crippen molar-refractivity contribution in [3.8, 4) is 0 Å². The molecule has 0 amide bonds. The Morgan fingerprint density at radius 3 is 2.41 bits per heavy atom. The highest BCUT2D eigenvalue weighted by molar-refractivity contribution is 5.44. The molecule has 2 saturated heterocycles. The molecule has 1 saturated carbocycles. The topological polar surface area (TPSA) is 35.5 Å². The zero-order valence-corrected chi connectivity index (χ0v) is 13.8. The summed E-state index contributed by atoms with van der Waals surface area (Å²) in [6.45, 7) is 11.7. The molecule has 5 heteroatoms. The van der Waals surface area contributed by atoms with Crippen molar-refractivity contribution >= 4 is 5.82 Å². The zero-order valence-electron chi connectivity index (χ0n) is 13.8. The van der Waals surface area contributed by atoms with Gasteiger partial charge in [-0.15, -0.1) is 0 Å². The molecule has 3 heterocycles. The van der Waals surface area contributed by atoms with Crippen molar-refractivity contribution < 1.29 is 0 Å². The molecule has 0 spiro atoms. The van der Waals surface area contributed by atoms with Gasteiger partial charge < -0.3 is 4.90 Å². The predicted molar refractivity (Wildman–Crippen MR) is 88.3 cm³/mol. The first kappa shape index (κ1) is 14.4. The lowest BCUT2D eigenvalue weighted by Gasteiger charge is -2.49. The zero-order chi connectivity index (χ0) is 15.1. The van der Waals surface area contributed by atoms with Crippen LogP contribution in [0.3, 0.4) is 0 Å². The fourth-order valence-electron chi connectivity index (χ4n) is 3.63. The highest BCUT2D eigenvalue weighted by atomic mass is 15.4. The SMILES string of the molecule is CC(C)N1CCN(C2CN(c3cc(C4CC4)ncn3)C2)CC1. The molecule has 0 atom stereocenters. The van der Waals surface area contributed by atoms with Crippen LogP contribution in [-0.4, -0.2) is 71.1 Å². The molecule has 4 rings (SSSR count). The van der Waals surface area contributed by atoms with Gasteiger partial charge in [0.25, 0.3) is 0 Å². The van der Waals surface area contributed by atoms with Gasteiger partial charge in [0.2, 0.25) is 0 Å². The number of aromatic nitrogens is 2. The normalized spacial score (nSPS) is 24.8. The molecule has 5 nitrogen and oxygen atoms in total. The van der Waals surface area contributed by atoms with E-state index >= 15 is 0 Å². The van der Waals surface area contributed by atoms with Crippen molar-refractivity contribution in [2.75, 3.05) is 44.2 Å². The summed E-state index contributed by atoms with van der Waals surface area (Å²) in [5.41, 5.74) is 1.25. The monoisotopic (exact) mass is 301 g/mol. The molecule has 3 aliphatic rings. The Balaban J connectivity index is 1.30. The van der Waals surface area contributed by atoms with Crippen molar-refractivity contribution in [2.24, 2.45) is 0 Å². The van der Waals surface area contributed by atoms with Crippen molar-refractivity contribution in [1.29, 1.82) is 0 Å². The summed E-state index contributed by atoms with van der Waals surface area (Å²) in [5.74, 6) is 1.84. The molecule has 2 aliphatic heterocycles. The summed E-state index contributed by atoms with van der Waals surface area (Å²) >= 11 is 0. The van der Waals surface area contributed by atoms with Gasteiger partial charge in [-0.25, -0.2) is 9.97 Å². The van der Waals surface area contributed by atoms with Gasteiger partial charge in [0.15, 0.2) is 0 Å². The first-order chi connectivity index (χ1) is 10.7.